The third kappa shape index (κ3) is 4.95. The van der Waals surface area contributed by atoms with Crippen molar-refractivity contribution >= 4 is 27.3 Å². The molecule has 1 heterocycles. The van der Waals surface area contributed by atoms with Crippen molar-refractivity contribution in [2.24, 2.45) is 5.92 Å². The Bertz CT molecular complexity index is 924. The molecule has 2 aromatic carbocycles. The fourth-order valence-corrected chi connectivity index (χ4v) is 3.73. The molecular formula is C20H22N2O4S. The van der Waals surface area contributed by atoms with E-state index in [2.05, 4.69) is 5.32 Å². The minimum absolute atomic E-state index is 0.0153. The van der Waals surface area contributed by atoms with Gasteiger partial charge in [0.2, 0.25) is 11.8 Å². The Morgan fingerprint density at radius 3 is 2.41 bits per heavy atom. The van der Waals surface area contributed by atoms with Crippen LogP contribution in [0.3, 0.4) is 0 Å². The van der Waals surface area contributed by atoms with Gasteiger partial charge in [0, 0.05) is 31.5 Å². The fourth-order valence-electron chi connectivity index (χ4n) is 3.10. The third-order valence-electron chi connectivity index (χ3n) is 4.65. The van der Waals surface area contributed by atoms with Gasteiger partial charge in [0.05, 0.1) is 10.8 Å². The number of rotatable bonds is 6. The summed E-state index contributed by atoms with van der Waals surface area (Å²) in [5, 5.41) is 2.76. The second kappa shape index (κ2) is 7.92. The number of hydrogen-bond donors (Lipinski definition) is 1. The minimum Gasteiger partial charge on any atom is -0.342 e. The van der Waals surface area contributed by atoms with Gasteiger partial charge in [0.15, 0.2) is 9.84 Å². The highest BCUT2D eigenvalue weighted by Gasteiger charge is 2.34. The molecule has 27 heavy (non-hydrogen) atoms. The Labute approximate surface area is 159 Å². The molecule has 6 nitrogen and oxygen atoms in total. The summed E-state index contributed by atoms with van der Waals surface area (Å²) >= 11 is 0. The maximum absolute atomic E-state index is 12.5. The van der Waals surface area contributed by atoms with E-state index in [1.54, 1.807) is 17.0 Å². The summed E-state index contributed by atoms with van der Waals surface area (Å²) in [7, 11) is -3.27. The molecule has 7 heteroatoms. The molecule has 0 bridgehead atoms. The van der Waals surface area contributed by atoms with Gasteiger partial charge in [0.1, 0.15) is 0 Å². The first-order valence-corrected chi connectivity index (χ1v) is 10.6. The molecule has 2 amide bonds. The van der Waals surface area contributed by atoms with E-state index in [0.717, 1.165) is 18.2 Å². The Kier molecular flexibility index (Phi) is 5.60. The van der Waals surface area contributed by atoms with Crippen molar-refractivity contribution < 1.29 is 18.0 Å². The topological polar surface area (TPSA) is 83.5 Å². The standard InChI is InChI=1S/C20H22N2O4S/c1-27(25,26)18-9-7-17(8-10-18)21-20(24)16-13-19(23)22(14-16)12-11-15-5-3-2-4-6-15/h2-10,16H,11-14H2,1H3,(H,21,24)/t16-/m0/s1. The van der Waals surface area contributed by atoms with Crippen LogP contribution in [-0.2, 0) is 25.8 Å². The molecule has 0 spiro atoms. The van der Waals surface area contributed by atoms with Crippen LogP contribution < -0.4 is 5.32 Å². The number of likely N-dealkylation sites (tertiary alicyclic amines) is 1. The zero-order valence-corrected chi connectivity index (χ0v) is 15.9. The molecule has 0 saturated carbocycles. The molecule has 1 saturated heterocycles. The quantitative estimate of drug-likeness (QED) is 0.824. The zero-order chi connectivity index (χ0) is 19.4. The molecule has 0 unspecified atom stereocenters. The zero-order valence-electron chi connectivity index (χ0n) is 15.1. The summed E-state index contributed by atoms with van der Waals surface area (Å²) in [5.74, 6) is -0.640. The highest BCUT2D eigenvalue weighted by Crippen LogP contribution is 2.21. The summed E-state index contributed by atoms with van der Waals surface area (Å²) < 4.78 is 23.0. The van der Waals surface area contributed by atoms with Gasteiger partial charge in [0.25, 0.3) is 0 Å². The predicted octanol–water partition coefficient (Wildman–Crippen LogP) is 2.12. The van der Waals surface area contributed by atoms with Crippen LogP contribution in [0, 0.1) is 5.92 Å². The Balaban J connectivity index is 1.55. The number of carbonyl (C=O) groups is 2. The highest BCUT2D eigenvalue weighted by atomic mass is 32.2. The maximum Gasteiger partial charge on any atom is 0.229 e. The van der Waals surface area contributed by atoms with Gasteiger partial charge >= 0.3 is 0 Å². The van der Waals surface area contributed by atoms with Crippen molar-refractivity contribution in [1.29, 1.82) is 0 Å². The van der Waals surface area contributed by atoms with E-state index < -0.39 is 15.8 Å². The SMILES string of the molecule is CS(=O)(=O)c1ccc(NC(=O)[C@H]2CC(=O)N(CCc3ccccc3)C2)cc1. The molecule has 1 fully saturated rings. The van der Waals surface area contributed by atoms with E-state index in [1.807, 2.05) is 30.3 Å². The van der Waals surface area contributed by atoms with E-state index in [9.17, 15) is 18.0 Å². The second-order valence-electron chi connectivity index (χ2n) is 6.76. The number of carbonyl (C=O) groups excluding carboxylic acids is 2. The molecule has 0 aromatic heterocycles. The summed E-state index contributed by atoms with van der Waals surface area (Å²) in [6, 6.07) is 15.9. The first-order valence-electron chi connectivity index (χ1n) is 8.75. The van der Waals surface area contributed by atoms with E-state index >= 15 is 0 Å². The second-order valence-corrected chi connectivity index (χ2v) is 8.78. The van der Waals surface area contributed by atoms with Crippen LogP contribution >= 0.6 is 0 Å². The van der Waals surface area contributed by atoms with Gasteiger partial charge in [-0.25, -0.2) is 8.42 Å². The van der Waals surface area contributed by atoms with Crippen LogP contribution in [0.4, 0.5) is 5.69 Å². The largest absolute Gasteiger partial charge is 0.342 e. The summed E-state index contributed by atoms with van der Waals surface area (Å²) in [5.41, 5.74) is 1.67. The van der Waals surface area contributed by atoms with Crippen LogP contribution in [0.5, 0.6) is 0 Å². The van der Waals surface area contributed by atoms with Crippen LogP contribution in [0.25, 0.3) is 0 Å². The van der Waals surface area contributed by atoms with E-state index in [4.69, 9.17) is 0 Å². The monoisotopic (exact) mass is 386 g/mol. The van der Waals surface area contributed by atoms with Gasteiger partial charge in [-0.3, -0.25) is 9.59 Å². The average Bonchev–Trinajstić information content (AvgIpc) is 3.01. The summed E-state index contributed by atoms with van der Waals surface area (Å²) in [4.78, 5) is 26.6. The number of nitrogens with one attached hydrogen (secondary N) is 1. The smallest absolute Gasteiger partial charge is 0.229 e. The lowest BCUT2D eigenvalue weighted by atomic mass is 10.1. The van der Waals surface area contributed by atoms with Crippen molar-refractivity contribution in [2.45, 2.75) is 17.7 Å². The number of amides is 2. The van der Waals surface area contributed by atoms with Crippen molar-refractivity contribution in [3.63, 3.8) is 0 Å². The minimum atomic E-state index is -3.27. The third-order valence-corrected chi connectivity index (χ3v) is 5.78. The van der Waals surface area contributed by atoms with Crippen molar-refractivity contribution in [2.75, 3.05) is 24.7 Å². The van der Waals surface area contributed by atoms with Crippen LogP contribution in [0.15, 0.2) is 59.5 Å². The molecular weight excluding hydrogens is 364 g/mol. The number of sulfone groups is 1. The number of nitrogens with zero attached hydrogens (tertiary/aromatic N) is 1. The molecule has 3 rings (SSSR count). The predicted molar refractivity (Wildman–Crippen MR) is 103 cm³/mol. The van der Waals surface area contributed by atoms with Gasteiger partial charge < -0.3 is 10.2 Å². The van der Waals surface area contributed by atoms with Gasteiger partial charge in [-0.1, -0.05) is 30.3 Å². The number of hydrogen-bond acceptors (Lipinski definition) is 4. The molecule has 1 aliphatic rings. The van der Waals surface area contributed by atoms with Crippen molar-refractivity contribution in [1.82, 2.24) is 4.90 Å². The number of anilines is 1. The lowest BCUT2D eigenvalue weighted by Crippen LogP contribution is -2.30. The van der Waals surface area contributed by atoms with Crippen molar-refractivity contribution in [3.8, 4) is 0 Å². The molecule has 1 atom stereocenters. The molecule has 1 aliphatic heterocycles. The van der Waals surface area contributed by atoms with Crippen LogP contribution in [0.1, 0.15) is 12.0 Å². The van der Waals surface area contributed by atoms with Crippen LogP contribution in [-0.4, -0.2) is 44.5 Å². The van der Waals surface area contributed by atoms with Crippen molar-refractivity contribution in [3.05, 3.63) is 60.2 Å². The Hall–Kier alpha value is -2.67. The molecule has 2 aromatic rings. The molecule has 1 N–H and O–H groups in total. The van der Waals surface area contributed by atoms with Gasteiger partial charge in [-0.05, 0) is 36.2 Å². The lowest BCUT2D eigenvalue weighted by molar-refractivity contribution is -0.128. The fraction of sp³-hybridized carbons (Fsp3) is 0.300. The van der Waals surface area contributed by atoms with E-state index in [0.29, 0.717) is 18.8 Å². The Morgan fingerprint density at radius 2 is 1.78 bits per heavy atom. The number of benzene rings is 2. The van der Waals surface area contributed by atoms with Gasteiger partial charge in [-0.2, -0.15) is 0 Å². The summed E-state index contributed by atoms with van der Waals surface area (Å²) in [6.45, 7) is 0.995. The van der Waals surface area contributed by atoms with Gasteiger partial charge in [-0.15, -0.1) is 0 Å². The molecule has 142 valence electrons. The average molecular weight is 386 g/mol. The van der Waals surface area contributed by atoms with Crippen LogP contribution in [0.2, 0.25) is 0 Å². The first-order chi connectivity index (χ1) is 12.8. The lowest BCUT2D eigenvalue weighted by Gasteiger charge is -2.16. The highest BCUT2D eigenvalue weighted by molar-refractivity contribution is 7.90. The van der Waals surface area contributed by atoms with E-state index in [1.165, 1.54) is 12.1 Å². The molecule has 0 radical (unpaired) electrons. The maximum atomic E-state index is 12.5. The first kappa shape index (κ1) is 19.1. The Morgan fingerprint density at radius 1 is 1.11 bits per heavy atom. The normalized spacial score (nSPS) is 17.1. The molecule has 0 aliphatic carbocycles. The van der Waals surface area contributed by atoms with E-state index in [-0.39, 0.29) is 23.1 Å². The summed E-state index contributed by atoms with van der Waals surface area (Å²) in [6.07, 6.45) is 2.09.